The second-order valence-electron chi connectivity index (χ2n) is 9.27. The number of amides is 3. The summed E-state index contributed by atoms with van der Waals surface area (Å²) in [7, 11) is 4.37. The lowest BCUT2D eigenvalue weighted by Crippen LogP contribution is -2.51. The van der Waals surface area contributed by atoms with E-state index in [1.165, 1.54) is 21.3 Å². The number of hydrogen-bond acceptors (Lipinski definition) is 8. The minimum absolute atomic E-state index is 0.196. The Bertz CT molecular complexity index is 1200. The Balaban J connectivity index is 1.84. The maximum absolute atomic E-state index is 13.9. The normalized spacial score (nSPS) is 12.2. The lowest BCUT2D eigenvalue weighted by atomic mass is 10.0. The maximum atomic E-state index is 13.9. The molecule has 3 aromatic rings. The zero-order valence-corrected chi connectivity index (χ0v) is 25.3. The summed E-state index contributed by atoms with van der Waals surface area (Å²) in [5.41, 5.74) is 0.450. The van der Waals surface area contributed by atoms with Gasteiger partial charge in [-0.25, -0.2) is 4.79 Å². The number of unbranched alkanes of at least 4 members (excludes halogenated alkanes) is 1. The third kappa shape index (κ3) is 9.12. The van der Waals surface area contributed by atoms with Gasteiger partial charge in [0, 0.05) is 9.75 Å². The number of benzene rings is 1. The SMILES string of the molecule is CCCC[C@H](NC(=O)N[C@@H](CC(=O)O)c1cc(OC)c(OC)c(OC)c1)C(=O)N(Cc1cccs1)Cc1cccs1. The van der Waals surface area contributed by atoms with Crippen molar-refractivity contribution >= 4 is 40.6 Å². The van der Waals surface area contributed by atoms with Gasteiger partial charge in [-0.15, -0.1) is 22.7 Å². The van der Waals surface area contributed by atoms with E-state index in [0.29, 0.717) is 42.3 Å². The van der Waals surface area contributed by atoms with Gasteiger partial charge in [0.05, 0.1) is 46.9 Å². The lowest BCUT2D eigenvalue weighted by molar-refractivity contribution is -0.137. The van der Waals surface area contributed by atoms with Crippen LogP contribution in [0.3, 0.4) is 0 Å². The van der Waals surface area contributed by atoms with Crippen LogP contribution in [0, 0.1) is 0 Å². The summed E-state index contributed by atoms with van der Waals surface area (Å²) in [6.45, 7) is 2.87. The largest absolute Gasteiger partial charge is 0.493 e. The Labute approximate surface area is 248 Å². The average Bonchev–Trinajstić information content (AvgIpc) is 3.67. The molecule has 1 aromatic carbocycles. The first-order chi connectivity index (χ1) is 19.8. The van der Waals surface area contributed by atoms with Crippen molar-refractivity contribution in [1.29, 1.82) is 0 Å². The first-order valence-electron chi connectivity index (χ1n) is 13.2. The molecule has 3 N–H and O–H groups in total. The highest BCUT2D eigenvalue weighted by atomic mass is 32.1. The molecule has 0 aliphatic carbocycles. The molecule has 12 heteroatoms. The number of aliphatic carboxylic acids is 1. The van der Waals surface area contributed by atoms with Crippen molar-refractivity contribution in [3.63, 3.8) is 0 Å². The molecule has 0 saturated heterocycles. The number of hydrogen-bond donors (Lipinski definition) is 3. The van der Waals surface area contributed by atoms with Gasteiger partial charge in [0.25, 0.3) is 0 Å². The number of carbonyl (C=O) groups excluding carboxylic acids is 2. The van der Waals surface area contributed by atoms with E-state index in [4.69, 9.17) is 14.2 Å². The summed E-state index contributed by atoms with van der Waals surface area (Å²) in [5.74, 6) is -0.306. The number of urea groups is 1. The molecular weight excluding hydrogens is 566 g/mol. The molecule has 0 bridgehead atoms. The van der Waals surface area contributed by atoms with Crippen molar-refractivity contribution in [3.8, 4) is 17.2 Å². The highest BCUT2D eigenvalue weighted by Gasteiger charge is 2.28. The van der Waals surface area contributed by atoms with Crippen LogP contribution in [0.15, 0.2) is 47.2 Å². The quantitative estimate of drug-likeness (QED) is 0.199. The van der Waals surface area contributed by atoms with E-state index in [2.05, 4.69) is 10.6 Å². The molecular formula is C29H37N3O7S2. The molecule has 0 aliphatic heterocycles. The Morgan fingerprint density at radius 2 is 1.51 bits per heavy atom. The van der Waals surface area contributed by atoms with E-state index < -0.39 is 30.5 Å². The van der Waals surface area contributed by atoms with Gasteiger partial charge in [0.2, 0.25) is 11.7 Å². The number of nitrogens with zero attached hydrogens (tertiary/aromatic N) is 1. The predicted octanol–water partition coefficient (Wildman–Crippen LogP) is 5.44. The number of methoxy groups -OCH3 is 3. The summed E-state index contributed by atoms with van der Waals surface area (Å²) >= 11 is 3.14. The van der Waals surface area contributed by atoms with Gasteiger partial charge in [0.1, 0.15) is 6.04 Å². The second-order valence-corrected chi connectivity index (χ2v) is 11.3. The van der Waals surface area contributed by atoms with Crippen LogP contribution in [0.25, 0.3) is 0 Å². The highest BCUT2D eigenvalue weighted by molar-refractivity contribution is 7.10. The Kier molecular flexibility index (Phi) is 12.3. The molecule has 0 saturated carbocycles. The molecule has 0 unspecified atom stereocenters. The Morgan fingerprint density at radius 3 is 1.95 bits per heavy atom. The third-order valence-electron chi connectivity index (χ3n) is 6.39. The van der Waals surface area contributed by atoms with Crippen LogP contribution in [0.5, 0.6) is 17.2 Å². The minimum Gasteiger partial charge on any atom is -0.493 e. The molecule has 2 atom stereocenters. The summed E-state index contributed by atoms with van der Waals surface area (Å²) in [4.78, 5) is 42.7. The Hall–Kier alpha value is -3.77. The fourth-order valence-electron chi connectivity index (χ4n) is 4.37. The van der Waals surface area contributed by atoms with E-state index in [0.717, 1.165) is 22.6 Å². The zero-order valence-electron chi connectivity index (χ0n) is 23.7. The second kappa shape index (κ2) is 15.9. The molecule has 0 aliphatic rings. The summed E-state index contributed by atoms with van der Waals surface area (Å²) in [5, 5.41) is 19.1. The smallest absolute Gasteiger partial charge is 0.315 e. The topological polar surface area (TPSA) is 126 Å². The first kappa shape index (κ1) is 31.8. The van der Waals surface area contributed by atoms with Crippen LogP contribution in [-0.4, -0.2) is 55.3 Å². The predicted molar refractivity (Wildman–Crippen MR) is 159 cm³/mol. The molecule has 222 valence electrons. The van der Waals surface area contributed by atoms with Gasteiger partial charge in [-0.05, 0) is 47.0 Å². The van der Waals surface area contributed by atoms with Gasteiger partial charge in [-0.1, -0.05) is 31.9 Å². The van der Waals surface area contributed by atoms with E-state index in [1.54, 1.807) is 39.7 Å². The van der Waals surface area contributed by atoms with Crippen molar-refractivity contribution < 1.29 is 33.7 Å². The molecule has 0 fully saturated rings. The third-order valence-corrected chi connectivity index (χ3v) is 8.11. The van der Waals surface area contributed by atoms with Crippen LogP contribution >= 0.6 is 22.7 Å². The van der Waals surface area contributed by atoms with E-state index in [-0.39, 0.29) is 5.91 Å². The Morgan fingerprint density at radius 1 is 0.927 bits per heavy atom. The minimum atomic E-state index is -1.11. The summed E-state index contributed by atoms with van der Waals surface area (Å²) < 4.78 is 16.2. The van der Waals surface area contributed by atoms with Crippen molar-refractivity contribution in [2.45, 2.75) is 57.8 Å². The molecule has 10 nitrogen and oxygen atoms in total. The fraction of sp³-hybridized carbons (Fsp3) is 0.414. The number of nitrogens with one attached hydrogen (secondary N) is 2. The molecule has 2 heterocycles. The van der Waals surface area contributed by atoms with Crippen molar-refractivity contribution in [1.82, 2.24) is 15.5 Å². The van der Waals surface area contributed by atoms with Crippen LogP contribution in [0.4, 0.5) is 4.79 Å². The summed E-state index contributed by atoms with van der Waals surface area (Å²) in [6.07, 6.45) is 1.62. The van der Waals surface area contributed by atoms with Crippen LogP contribution < -0.4 is 24.8 Å². The zero-order chi connectivity index (χ0) is 29.8. The van der Waals surface area contributed by atoms with Gasteiger partial charge >= 0.3 is 12.0 Å². The van der Waals surface area contributed by atoms with Crippen LogP contribution in [0.1, 0.15) is 54.0 Å². The average molecular weight is 604 g/mol. The number of rotatable bonds is 16. The monoisotopic (exact) mass is 603 g/mol. The molecule has 3 amide bonds. The summed E-state index contributed by atoms with van der Waals surface area (Å²) in [6, 6.07) is 8.67. The number of carboxylic acid groups (broad SMARTS) is 1. The van der Waals surface area contributed by atoms with Gasteiger partial charge in [-0.3, -0.25) is 9.59 Å². The van der Waals surface area contributed by atoms with Gasteiger partial charge < -0.3 is 34.9 Å². The number of ether oxygens (including phenoxy) is 3. The van der Waals surface area contributed by atoms with Crippen molar-refractivity contribution in [2.75, 3.05) is 21.3 Å². The number of carboxylic acids is 1. The maximum Gasteiger partial charge on any atom is 0.315 e. The standard InChI is InChI=1S/C29H37N3O7S2/c1-5-6-11-22(28(35)32(17-20-9-7-12-40-20)18-21-10-8-13-41-21)30-29(36)31-23(16-26(33)34)19-14-24(37-2)27(39-4)25(15-19)38-3/h7-10,12-15,22-23H,5-6,11,16-18H2,1-4H3,(H,33,34)(H2,30,31,36)/t22-,23-/m0/s1. The van der Waals surface area contributed by atoms with Gasteiger partial charge in [0.15, 0.2) is 11.5 Å². The van der Waals surface area contributed by atoms with E-state index in [1.807, 2.05) is 41.9 Å². The lowest BCUT2D eigenvalue weighted by Gasteiger charge is -2.28. The first-order valence-corrected chi connectivity index (χ1v) is 15.0. The molecule has 3 rings (SSSR count). The van der Waals surface area contributed by atoms with Gasteiger partial charge in [-0.2, -0.15) is 0 Å². The molecule has 0 radical (unpaired) electrons. The van der Waals surface area contributed by atoms with E-state index in [9.17, 15) is 19.5 Å². The van der Waals surface area contributed by atoms with E-state index >= 15 is 0 Å². The van der Waals surface area contributed by atoms with Crippen LogP contribution in [-0.2, 0) is 22.7 Å². The number of thiophene rings is 2. The van der Waals surface area contributed by atoms with Crippen LogP contribution in [0.2, 0.25) is 0 Å². The van der Waals surface area contributed by atoms with Crippen molar-refractivity contribution in [2.24, 2.45) is 0 Å². The number of carbonyl (C=O) groups is 3. The highest BCUT2D eigenvalue weighted by Crippen LogP contribution is 2.40. The molecule has 0 spiro atoms. The molecule has 41 heavy (non-hydrogen) atoms. The fourth-order valence-corrected chi connectivity index (χ4v) is 5.81. The molecule has 2 aromatic heterocycles. The van der Waals surface area contributed by atoms with Crippen molar-refractivity contribution in [3.05, 3.63) is 62.5 Å².